The Morgan fingerprint density at radius 3 is 2.88 bits per heavy atom. The van der Waals surface area contributed by atoms with E-state index < -0.39 is 11.6 Å². The predicted molar refractivity (Wildman–Crippen MR) is 68.4 cm³/mol. The molecule has 0 bridgehead atoms. The van der Waals surface area contributed by atoms with Gasteiger partial charge in [0, 0.05) is 18.3 Å². The van der Waals surface area contributed by atoms with Crippen LogP contribution in [0.2, 0.25) is 0 Å². The Labute approximate surface area is 110 Å². The van der Waals surface area contributed by atoms with Crippen molar-refractivity contribution in [3.05, 3.63) is 51.5 Å². The summed E-state index contributed by atoms with van der Waals surface area (Å²) in [6.07, 6.45) is 3.03. The number of benzene rings is 1. The third kappa shape index (κ3) is 3.09. The molecule has 2 rings (SSSR count). The minimum atomic E-state index is -0.458. The van der Waals surface area contributed by atoms with Gasteiger partial charge in [-0.25, -0.2) is 18.7 Å². The van der Waals surface area contributed by atoms with Crippen LogP contribution in [-0.2, 0) is 6.54 Å². The van der Waals surface area contributed by atoms with Crippen molar-refractivity contribution in [2.45, 2.75) is 6.54 Å². The van der Waals surface area contributed by atoms with Crippen molar-refractivity contribution >= 4 is 28.4 Å². The summed E-state index contributed by atoms with van der Waals surface area (Å²) in [4.78, 5) is 7.84. The molecule has 1 aromatic carbocycles. The van der Waals surface area contributed by atoms with Crippen LogP contribution in [0.25, 0.3) is 0 Å². The molecular formula is C11H8F2IN3. The van der Waals surface area contributed by atoms with E-state index in [9.17, 15) is 8.78 Å². The van der Waals surface area contributed by atoms with Gasteiger partial charge in [-0.3, -0.25) is 0 Å². The second kappa shape index (κ2) is 5.35. The fourth-order valence-electron chi connectivity index (χ4n) is 1.30. The fraction of sp³-hybridized carbons (Fsp3) is 0.0909. The third-order valence-corrected chi connectivity index (χ3v) is 2.91. The summed E-state index contributed by atoms with van der Waals surface area (Å²) in [5.74, 6) is -0.298. The van der Waals surface area contributed by atoms with Crippen molar-refractivity contribution in [3.63, 3.8) is 0 Å². The Balaban J connectivity index is 2.12. The molecule has 1 heterocycles. The normalized spacial score (nSPS) is 10.3. The number of anilines is 1. The van der Waals surface area contributed by atoms with E-state index in [1.165, 1.54) is 6.33 Å². The Bertz CT molecular complexity index is 534. The summed E-state index contributed by atoms with van der Waals surface area (Å²) in [6, 6.07) is 3.36. The molecule has 0 aliphatic carbocycles. The van der Waals surface area contributed by atoms with Gasteiger partial charge in [-0.05, 0) is 40.8 Å². The summed E-state index contributed by atoms with van der Waals surface area (Å²) in [7, 11) is 0. The van der Waals surface area contributed by atoms with Gasteiger partial charge in [-0.1, -0.05) is 0 Å². The molecule has 88 valence electrons. The summed E-state index contributed by atoms with van der Waals surface area (Å²) in [5, 5.41) is 2.93. The van der Waals surface area contributed by atoms with Crippen LogP contribution in [0.3, 0.4) is 0 Å². The molecule has 1 N–H and O–H groups in total. The van der Waals surface area contributed by atoms with Gasteiger partial charge in [0.05, 0.1) is 3.57 Å². The average Bonchev–Trinajstić information content (AvgIpc) is 2.32. The van der Waals surface area contributed by atoms with E-state index in [2.05, 4.69) is 37.9 Å². The third-order valence-electron chi connectivity index (χ3n) is 2.12. The fourth-order valence-corrected chi connectivity index (χ4v) is 1.79. The highest BCUT2D eigenvalue weighted by Crippen LogP contribution is 2.15. The van der Waals surface area contributed by atoms with Gasteiger partial charge < -0.3 is 5.32 Å². The van der Waals surface area contributed by atoms with Crippen LogP contribution in [-0.4, -0.2) is 9.97 Å². The van der Waals surface area contributed by atoms with Gasteiger partial charge in [0.2, 0.25) is 0 Å². The zero-order valence-electron chi connectivity index (χ0n) is 8.62. The van der Waals surface area contributed by atoms with Gasteiger partial charge in [-0.2, -0.15) is 0 Å². The SMILES string of the molecule is Fc1ccc(F)c(CNc2ncncc2I)c1. The summed E-state index contributed by atoms with van der Waals surface area (Å²) in [5.41, 5.74) is 0.263. The maximum absolute atomic E-state index is 13.3. The number of aromatic nitrogens is 2. The van der Waals surface area contributed by atoms with Gasteiger partial charge in [0.25, 0.3) is 0 Å². The van der Waals surface area contributed by atoms with Crippen molar-refractivity contribution in [3.8, 4) is 0 Å². The van der Waals surface area contributed by atoms with Crippen LogP contribution in [0.1, 0.15) is 5.56 Å². The first-order chi connectivity index (χ1) is 8.16. The maximum Gasteiger partial charge on any atom is 0.143 e. The molecule has 0 amide bonds. The molecule has 0 aliphatic rings. The second-order valence-corrected chi connectivity index (χ2v) is 4.47. The van der Waals surface area contributed by atoms with Crippen LogP contribution in [0.15, 0.2) is 30.7 Å². The van der Waals surface area contributed by atoms with Gasteiger partial charge in [0.15, 0.2) is 0 Å². The van der Waals surface area contributed by atoms with Gasteiger partial charge in [-0.15, -0.1) is 0 Å². The van der Waals surface area contributed by atoms with Gasteiger partial charge in [0.1, 0.15) is 23.8 Å². The number of nitrogens with zero attached hydrogens (tertiary/aromatic N) is 2. The first-order valence-electron chi connectivity index (χ1n) is 4.80. The molecule has 3 nitrogen and oxygen atoms in total. The average molecular weight is 347 g/mol. The van der Waals surface area contributed by atoms with Crippen molar-refractivity contribution in [1.82, 2.24) is 9.97 Å². The quantitative estimate of drug-likeness (QED) is 0.868. The Morgan fingerprint density at radius 2 is 2.12 bits per heavy atom. The van der Waals surface area contributed by atoms with Crippen molar-refractivity contribution in [2.75, 3.05) is 5.32 Å². The minimum Gasteiger partial charge on any atom is -0.365 e. The molecule has 0 spiro atoms. The van der Waals surface area contributed by atoms with Crippen LogP contribution < -0.4 is 5.32 Å². The number of rotatable bonds is 3. The molecule has 0 radical (unpaired) electrons. The van der Waals surface area contributed by atoms with E-state index >= 15 is 0 Å². The van der Waals surface area contributed by atoms with Crippen molar-refractivity contribution < 1.29 is 8.78 Å². The summed E-state index contributed by atoms with van der Waals surface area (Å²) in [6.45, 7) is 0.177. The number of hydrogen-bond acceptors (Lipinski definition) is 3. The van der Waals surface area contributed by atoms with Crippen molar-refractivity contribution in [1.29, 1.82) is 0 Å². The first-order valence-corrected chi connectivity index (χ1v) is 5.88. The molecular weight excluding hydrogens is 339 g/mol. The standard InChI is InChI=1S/C11H8F2IN3/c12-8-1-2-9(13)7(3-8)4-16-11-10(14)5-15-6-17-11/h1-3,5-6H,4H2,(H,15,16,17). The van der Waals surface area contributed by atoms with E-state index in [-0.39, 0.29) is 12.1 Å². The molecule has 6 heteroatoms. The monoisotopic (exact) mass is 347 g/mol. The van der Waals surface area contributed by atoms with Crippen LogP contribution in [0.5, 0.6) is 0 Å². The highest BCUT2D eigenvalue weighted by molar-refractivity contribution is 14.1. The van der Waals surface area contributed by atoms with E-state index in [1.807, 2.05) is 0 Å². The lowest BCUT2D eigenvalue weighted by Gasteiger charge is -2.07. The lowest BCUT2D eigenvalue weighted by Crippen LogP contribution is -2.05. The molecule has 17 heavy (non-hydrogen) atoms. The summed E-state index contributed by atoms with van der Waals surface area (Å²) < 4.78 is 27.1. The predicted octanol–water partition coefficient (Wildman–Crippen LogP) is 2.97. The number of halogens is 3. The van der Waals surface area contributed by atoms with Crippen LogP contribution in [0, 0.1) is 15.2 Å². The Hall–Kier alpha value is -1.31. The number of nitrogens with one attached hydrogen (secondary N) is 1. The highest BCUT2D eigenvalue weighted by atomic mass is 127. The molecule has 2 aromatic rings. The van der Waals surface area contributed by atoms with Crippen molar-refractivity contribution in [2.24, 2.45) is 0 Å². The minimum absolute atomic E-state index is 0.177. The molecule has 0 unspecified atom stereocenters. The van der Waals surface area contributed by atoms with E-state index in [4.69, 9.17) is 0 Å². The molecule has 0 fully saturated rings. The Kier molecular flexibility index (Phi) is 3.82. The zero-order chi connectivity index (χ0) is 12.3. The zero-order valence-corrected chi connectivity index (χ0v) is 10.8. The lowest BCUT2D eigenvalue weighted by molar-refractivity contribution is 0.587. The number of hydrogen-bond donors (Lipinski definition) is 1. The van der Waals surface area contributed by atoms with Gasteiger partial charge >= 0.3 is 0 Å². The molecule has 1 aromatic heterocycles. The van der Waals surface area contributed by atoms with Crippen LogP contribution >= 0.6 is 22.6 Å². The summed E-state index contributed by atoms with van der Waals surface area (Å²) >= 11 is 2.06. The topological polar surface area (TPSA) is 37.8 Å². The highest BCUT2D eigenvalue weighted by Gasteiger charge is 2.05. The van der Waals surface area contributed by atoms with E-state index in [0.717, 1.165) is 21.8 Å². The van der Waals surface area contributed by atoms with E-state index in [0.29, 0.717) is 5.82 Å². The molecule has 0 aliphatic heterocycles. The largest absolute Gasteiger partial charge is 0.365 e. The second-order valence-electron chi connectivity index (χ2n) is 3.31. The smallest absolute Gasteiger partial charge is 0.143 e. The maximum atomic E-state index is 13.3. The van der Waals surface area contributed by atoms with E-state index in [1.54, 1.807) is 6.20 Å². The first kappa shape index (κ1) is 12.2. The molecule has 0 atom stereocenters. The molecule has 0 saturated heterocycles. The van der Waals surface area contributed by atoms with Crippen LogP contribution in [0.4, 0.5) is 14.6 Å². The Morgan fingerprint density at radius 1 is 1.29 bits per heavy atom. The molecule has 0 saturated carbocycles. The lowest BCUT2D eigenvalue weighted by atomic mass is 10.2.